The maximum absolute atomic E-state index is 5.63. The molecule has 0 saturated heterocycles. The van der Waals surface area contributed by atoms with Crippen molar-refractivity contribution in [3.05, 3.63) is 72.1 Å². The molecule has 0 aliphatic carbocycles. The third kappa shape index (κ3) is 4.20. The molecule has 1 aromatic heterocycles. The Labute approximate surface area is 136 Å². The van der Waals surface area contributed by atoms with Crippen LogP contribution in [0.1, 0.15) is 11.3 Å². The second kappa shape index (κ2) is 7.61. The summed E-state index contributed by atoms with van der Waals surface area (Å²) in [4.78, 5) is 4.53. The van der Waals surface area contributed by atoms with Gasteiger partial charge in [-0.1, -0.05) is 36.4 Å². The molecule has 0 radical (unpaired) electrons. The van der Waals surface area contributed by atoms with Gasteiger partial charge >= 0.3 is 0 Å². The van der Waals surface area contributed by atoms with Gasteiger partial charge in [0.05, 0.1) is 5.69 Å². The molecule has 0 aliphatic rings. The molecule has 0 spiro atoms. The normalized spacial score (nSPS) is 10.7. The Kier molecular flexibility index (Phi) is 5.06. The summed E-state index contributed by atoms with van der Waals surface area (Å²) >= 11 is 0. The number of benzene rings is 2. The number of aromatic nitrogens is 1. The summed E-state index contributed by atoms with van der Waals surface area (Å²) in [5.41, 5.74) is 3.08. The molecular weight excluding hydrogens is 288 g/mol. The Hall–Kier alpha value is -2.59. The first-order chi connectivity index (χ1) is 11.3. The number of nitrogens with one attached hydrogen (secondary N) is 1. The van der Waals surface area contributed by atoms with Crippen molar-refractivity contribution < 1.29 is 9.15 Å². The van der Waals surface area contributed by atoms with E-state index in [4.69, 9.17) is 9.15 Å². The summed E-state index contributed by atoms with van der Waals surface area (Å²) in [6, 6.07) is 17.9. The predicted molar refractivity (Wildman–Crippen MR) is 90.3 cm³/mol. The fraction of sp³-hybridized carbons (Fsp3) is 0.211. The molecule has 1 heterocycles. The van der Waals surface area contributed by atoms with Gasteiger partial charge in [-0.25, -0.2) is 4.98 Å². The lowest BCUT2D eigenvalue weighted by Crippen LogP contribution is -2.20. The summed E-state index contributed by atoms with van der Waals surface area (Å²) in [5, 5.41) is 3.30. The molecule has 118 valence electrons. The van der Waals surface area contributed by atoms with Crippen molar-refractivity contribution in [3.8, 4) is 17.2 Å². The number of para-hydroxylation sites is 1. The van der Waals surface area contributed by atoms with Crippen LogP contribution in [0.3, 0.4) is 0 Å². The Morgan fingerprint density at radius 2 is 1.83 bits per heavy atom. The zero-order valence-electron chi connectivity index (χ0n) is 13.2. The van der Waals surface area contributed by atoms with E-state index in [-0.39, 0.29) is 0 Å². The molecule has 1 N–H and O–H groups in total. The van der Waals surface area contributed by atoms with Crippen LogP contribution in [-0.4, -0.2) is 18.1 Å². The van der Waals surface area contributed by atoms with Gasteiger partial charge in [-0.05, 0) is 30.7 Å². The second-order valence-corrected chi connectivity index (χ2v) is 5.30. The molecule has 0 aliphatic heterocycles. The Bertz CT molecular complexity index is 738. The fourth-order valence-corrected chi connectivity index (χ4v) is 2.30. The van der Waals surface area contributed by atoms with Crippen molar-refractivity contribution in [3.63, 3.8) is 0 Å². The fourth-order valence-electron chi connectivity index (χ4n) is 2.30. The third-order valence-electron chi connectivity index (χ3n) is 3.52. The van der Waals surface area contributed by atoms with E-state index in [1.54, 1.807) is 6.26 Å². The van der Waals surface area contributed by atoms with Crippen molar-refractivity contribution in [1.82, 2.24) is 10.3 Å². The molecule has 4 heteroatoms. The highest BCUT2D eigenvalue weighted by Crippen LogP contribution is 2.22. The van der Waals surface area contributed by atoms with Crippen molar-refractivity contribution >= 4 is 0 Å². The van der Waals surface area contributed by atoms with E-state index >= 15 is 0 Å². The Balaban J connectivity index is 1.46. The number of oxazole rings is 1. The minimum absolute atomic E-state index is 0.618. The number of rotatable bonds is 7. The average Bonchev–Trinajstić information content (AvgIpc) is 3.04. The number of hydrogen-bond donors (Lipinski definition) is 1. The molecule has 0 bridgehead atoms. The van der Waals surface area contributed by atoms with Crippen LogP contribution in [0.15, 0.2) is 65.3 Å². The maximum Gasteiger partial charge on any atom is 0.226 e. The van der Waals surface area contributed by atoms with E-state index in [2.05, 4.69) is 23.3 Å². The van der Waals surface area contributed by atoms with Gasteiger partial charge in [-0.15, -0.1) is 0 Å². The van der Waals surface area contributed by atoms with Gasteiger partial charge in [0.1, 0.15) is 18.6 Å². The molecule has 0 amide bonds. The molecule has 0 atom stereocenters. The van der Waals surface area contributed by atoms with Crippen molar-refractivity contribution in [2.45, 2.75) is 13.5 Å². The summed E-state index contributed by atoms with van der Waals surface area (Å²) in [7, 11) is 0. The lowest BCUT2D eigenvalue weighted by molar-refractivity contribution is 0.313. The van der Waals surface area contributed by atoms with E-state index in [0.29, 0.717) is 19.0 Å². The zero-order valence-corrected chi connectivity index (χ0v) is 13.2. The van der Waals surface area contributed by atoms with E-state index in [1.165, 1.54) is 0 Å². The third-order valence-corrected chi connectivity index (χ3v) is 3.52. The van der Waals surface area contributed by atoms with Gasteiger partial charge in [-0.3, -0.25) is 0 Å². The van der Waals surface area contributed by atoms with Gasteiger partial charge in [0.15, 0.2) is 0 Å². The quantitative estimate of drug-likeness (QED) is 0.674. The number of nitrogens with zero attached hydrogens (tertiary/aromatic N) is 1. The maximum atomic E-state index is 5.63. The number of hydrogen-bond acceptors (Lipinski definition) is 4. The highest BCUT2D eigenvalue weighted by Gasteiger charge is 2.08. The second-order valence-electron chi connectivity index (χ2n) is 5.30. The average molecular weight is 308 g/mol. The minimum Gasteiger partial charge on any atom is -0.492 e. The van der Waals surface area contributed by atoms with Crippen molar-refractivity contribution in [2.75, 3.05) is 13.2 Å². The Morgan fingerprint density at radius 1 is 1.04 bits per heavy atom. The SMILES string of the molecule is Cc1ccccc1-c1nc(CNCCOc2ccccc2)co1. The van der Waals surface area contributed by atoms with Crippen molar-refractivity contribution in [1.29, 1.82) is 0 Å². The van der Waals surface area contributed by atoms with E-state index in [1.807, 2.05) is 48.5 Å². The molecule has 3 aromatic rings. The summed E-state index contributed by atoms with van der Waals surface area (Å²) < 4.78 is 11.2. The van der Waals surface area contributed by atoms with E-state index in [9.17, 15) is 0 Å². The molecule has 0 fully saturated rings. The molecule has 0 saturated carbocycles. The molecule has 4 nitrogen and oxygen atoms in total. The first kappa shape index (κ1) is 15.3. The van der Waals surface area contributed by atoms with Crippen LogP contribution in [0, 0.1) is 6.92 Å². The lowest BCUT2D eigenvalue weighted by Gasteiger charge is -2.06. The van der Waals surface area contributed by atoms with Crippen LogP contribution in [0.4, 0.5) is 0 Å². The van der Waals surface area contributed by atoms with Crippen LogP contribution in [0.25, 0.3) is 11.5 Å². The first-order valence-corrected chi connectivity index (χ1v) is 7.72. The van der Waals surface area contributed by atoms with Crippen LogP contribution in [-0.2, 0) is 6.54 Å². The van der Waals surface area contributed by atoms with Gasteiger partial charge in [-0.2, -0.15) is 0 Å². The monoisotopic (exact) mass is 308 g/mol. The molecule has 0 unspecified atom stereocenters. The van der Waals surface area contributed by atoms with Crippen LogP contribution >= 0.6 is 0 Å². The molecular formula is C19H20N2O2. The zero-order chi connectivity index (χ0) is 15.9. The van der Waals surface area contributed by atoms with Gasteiger partial charge in [0.2, 0.25) is 5.89 Å². The summed E-state index contributed by atoms with van der Waals surface area (Å²) in [6.07, 6.45) is 1.70. The van der Waals surface area contributed by atoms with Crippen molar-refractivity contribution in [2.24, 2.45) is 0 Å². The Morgan fingerprint density at radius 3 is 2.65 bits per heavy atom. The summed E-state index contributed by atoms with van der Waals surface area (Å²) in [5.74, 6) is 1.55. The largest absolute Gasteiger partial charge is 0.492 e. The van der Waals surface area contributed by atoms with Crippen LogP contribution < -0.4 is 10.1 Å². The lowest BCUT2D eigenvalue weighted by atomic mass is 10.1. The van der Waals surface area contributed by atoms with Crippen LogP contribution in [0.2, 0.25) is 0 Å². The van der Waals surface area contributed by atoms with E-state index in [0.717, 1.165) is 29.1 Å². The molecule has 23 heavy (non-hydrogen) atoms. The summed E-state index contributed by atoms with van der Waals surface area (Å²) in [6.45, 7) is 4.08. The first-order valence-electron chi connectivity index (χ1n) is 7.72. The van der Waals surface area contributed by atoms with E-state index < -0.39 is 0 Å². The topological polar surface area (TPSA) is 47.3 Å². The number of ether oxygens (including phenoxy) is 1. The minimum atomic E-state index is 0.618. The smallest absolute Gasteiger partial charge is 0.226 e. The van der Waals surface area contributed by atoms with Crippen LogP contribution in [0.5, 0.6) is 5.75 Å². The number of aryl methyl sites for hydroxylation is 1. The highest BCUT2D eigenvalue weighted by molar-refractivity contribution is 5.58. The predicted octanol–water partition coefficient (Wildman–Crippen LogP) is 3.82. The standard InChI is InChI=1S/C19H20N2O2/c1-15-7-5-6-10-18(15)19-21-16(14-23-19)13-20-11-12-22-17-8-3-2-4-9-17/h2-10,14,20H,11-13H2,1H3. The highest BCUT2D eigenvalue weighted by atomic mass is 16.5. The van der Waals surface area contributed by atoms with Gasteiger partial charge in [0, 0.05) is 18.7 Å². The molecule has 2 aromatic carbocycles. The van der Waals surface area contributed by atoms with Gasteiger partial charge in [0.25, 0.3) is 0 Å². The molecule has 3 rings (SSSR count). The van der Waals surface area contributed by atoms with Gasteiger partial charge < -0.3 is 14.5 Å².